The molecule has 3 unspecified atom stereocenters. The Labute approximate surface area is 136 Å². The molecule has 0 aliphatic heterocycles. The van der Waals surface area contributed by atoms with Gasteiger partial charge in [0.2, 0.25) is 0 Å². The van der Waals surface area contributed by atoms with Crippen molar-refractivity contribution in [3.05, 3.63) is 62.2 Å². The Morgan fingerprint density at radius 1 is 1.29 bits per heavy atom. The second kappa shape index (κ2) is 3.83. The molecule has 0 aromatic carbocycles. The Kier molecular flexibility index (Phi) is 2.02. The van der Waals surface area contributed by atoms with E-state index in [0.29, 0.717) is 23.5 Å². The predicted molar refractivity (Wildman–Crippen MR) is 85.6 cm³/mol. The Balaban J connectivity index is 1.47. The number of amides is 1. The third-order valence-electron chi connectivity index (χ3n) is 6.26. The summed E-state index contributed by atoms with van der Waals surface area (Å²) in [6, 6.07) is 0. The fourth-order valence-electron chi connectivity index (χ4n) is 5.18. The summed E-state index contributed by atoms with van der Waals surface area (Å²) in [6.45, 7) is 0. The quantitative estimate of drug-likeness (QED) is 0.833. The van der Waals surface area contributed by atoms with Crippen LogP contribution in [0.25, 0.3) is 0 Å². The van der Waals surface area contributed by atoms with Crippen LogP contribution in [-0.2, 0) is 0 Å². The summed E-state index contributed by atoms with van der Waals surface area (Å²) in [5.74, 6) is 0.692. The molecule has 24 heavy (non-hydrogen) atoms. The van der Waals surface area contributed by atoms with Crippen LogP contribution in [0.15, 0.2) is 45.6 Å². The average molecular weight is 319 g/mol. The number of aliphatic hydroxyl groups excluding tert-OH is 1. The van der Waals surface area contributed by atoms with E-state index in [2.05, 4.69) is 15.5 Å². The van der Waals surface area contributed by atoms with Crippen molar-refractivity contribution in [1.29, 1.82) is 0 Å². The molecule has 2 N–H and O–H groups in total. The third kappa shape index (κ3) is 1.19. The van der Waals surface area contributed by atoms with Crippen LogP contribution < -0.4 is 5.32 Å². The first-order chi connectivity index (χ1) is 11.7. The highest BCUT2D eigenvalue weighted by molar-refractivity contribution is 5.96. The number of carbonyl (C=O) groups is 1. The number of allylic oxidation sites excluding steroid dienone is 4. The van der Waals surface area contributed by atoms with Crippen molar-refractivity contribution in [2.24, 2.45) is 11.1 Å². The fourth-order valence-corrected chi connectivity index (χ4v) is 5.18. The highest BCUT2D eigenvalue weighted by Crippen LogP contribution is 2.64. The standard InChI is InChI=1S/C18H13N3O3/c22-17-9-4-8-13(9)14(17)15(8)20-10-5-19-16(18(23)21-24)12-7-2-1-6(3-7)11(10)12/h4-7,13,20,22H,1-3H2. The van der Waals surface area contributed by atoms with Gasteiger partial charge < -0.3 is 10.4 Å². The molecular weight excluding hydrogens is 306 g/mol. The summed E-state index contributed by atoms with van der Waals surface area (Å²) in [5.41, 5.74) is 7.41. The lowest BCUT2D eigenvalue weighted by molar-refractivity contribution is 0.0994. The minimum atomic E-state index is -0.776. The summed E-state index contributed by atoms with van der Waals surface area (Å²) >= 11 is 0. The number of nitrogens with zero attached hydrogens (tertiary/aromatic N) is 2. The zero-order valence-electron chi connectivity index (χ0n) is 12.7. The average Bonchev–Trinajstić information content (AvgIpc) is 3.19. The molecule has 1 saturated carbocycles. The molecule has 6 rings (SSSR count). The lowest BCUT2D eigenvalue weighted by Gasteiger charge is -2.51. The van der Waals surface area contributed by atoms with Gasteiger partial charge in [0.1, 0.15) is 11.5 Å². The molecule has 1 aromatic rings. The number of anilines is 1. The van der Waals surface area contributed by atoms with E-state index in [0.717, 1.165) is 52.9 Å². The summed E-state index contributed by atoms with van der Waals surface area (Å²) < 4.78 is 0. The Morgan fingerprint density at radius 3 is 2.79 bits per heavy atom. The number of hydrogen-bond acceptors (Lipinski definition) is 5. The number of fused-ring (bicyclic) bond motifs is 5. The largest absolute Gasteiger partial charge is 0.507 e. The fraction of sp³-hybridized carbons (Fsp3) is 0.333. The first-order valence-electron chi connectivity index (χ1n) is 8.26. The Morgan fingerprint density at radius 2 is 2.08 bits per heavy atom. The van der Waals surface area contributed by atoms with E-state index in [1.807, 2.05) is 6.08 Å². The molecule has 0 spiro atoms. The number of nitroso groups, excluding NO2 is 1. The molecule has 5 aliphatic carbocycles. The van der Waals surface area contributed by atoms with Crippen molar-refractivity contribution in [2.45, 2.75) is 31.1 Å². The van der Waals surface area contributed by atoms with E-state index < -0.39 is 5.91 Å². The lowest BCUT2D eigenvalue weighted by Crippen LogP contribution is -2.43. The van der Waals surface area contributed by atoms with Gasteiger partial charge in [-0.2, -0.15) is 0 Å². The predicted octanol–water partition coefficient (Wildman–Crippen LogP) is 3.41. The van der Waals surface area contributed by atoms with Gasteiger partial charge in [-0.25, -0.2) is 4.98 Å². The molecule has 1 fully saturated rings. The van der Waals surface area contributed by atoms with Gasteiger partial charge in [0.05, 0.1) is 17.6 Å². The van der Waals surface area contributed by atoms with Gasteiger partial charge in [0.25, 0.3) is 0 Å². The minimum Gasteiger partial charge on any atom is -0.507 e. The number of hydrogen-bond donors (Lipinski definition) is 2. The second-order valence-electron chi connectivity index (χ2n) is 7.20. The zero-order chi connectivity index (χ0) is 16.2. The van der Waals surface area contributed by atoms with Crippen LogP contribution in [0.4, 0.5) is 5.69 Å². The maximum absolute atomic E-state index is 11.8. The van der Waals surface area contributed by atoms with Crippen LogP contribution in [-0.4, -0.2) is 16.0 Å². The van der Waals surface area contributed by atoms with Crippen LogP contribution in [0.1, 0.15) is 52.7 Å². The van der Waals surface area contributed by atoms with Crippen molar-refractivity contribution in [1.82, 2.24) is 4.98 Å². The Hall–Kier alpha value is -2.76. The van der Waals surface area contributed by atoms with Crippen LogP contribution >= 0.6 is 0 Å². The number of pyridine rings is 1. The van der Waals surface area contributed by atoms with Gasteiger partial charge in [-0.15, -0.1) is 4.91 Å². The maximum Gasteiger partial charge on any atom is 0.335 e. The van der Waals surface area contributed by atoms with E-state index in [1.165, 1.54) is 5.57 Å². The van der Waals surface area contributed by atoms with Crippen molar-refractivity contribution in [3.8, 4) is 0 Å². The monoisotopic (exact) mass is 319 g/mol. The summed E-state index contributed by atoms with van der Waals surface area (Å²) in [5, 5.41) is 16.0. The number of rotatable bonds is 3. The van der Waals surface area contributed by atoms with Crippen molar-refractivity contribution < 1.29 is 9.90 Å². The Bertz CT molecular complexity index is 985. The number of nitrogens with one attached hydrogen (secondary N) is 1. The van der Waals surface area contributed by atoms with Crippen molar-refractivity contribution in [3.63, 3.8) is 0 Å². The summed E-state index contributed by atoms with van der Waals surface area (Å²) in [6.07, 6.45) is 6.81. The normalized spacial score (nSPS) is 30.0. The highest BCUT2D eigenvalue weighted by Gasteiger charge is 2.54. The van der Waals surface area contributed by atoms with Gasteiger partial charge in [0.15, 0.2) is 0 Å². The van der Waals surface area contributed by atoms with Crippen LogP contribution in [0.3, 0.4) is 0 Å². The van der Waals surface area contributed by atoms with Crippen LogP contribution in [0.2, 0.25) is 0 Å². The van der Waals surface area contributed by atoms with Crippen LogP contribution in [0, 0.1) is 10.8 Å². The molecule has 118 valence electrons. The lowest BCUT2D eigenvalue weighted by atomic mass is 9.54. The number of carbonyl (C=O) groups excluding carboxylic acids is 1. The van der Waals surface area contributed by atoms with Gasteiger partial charge in [-0.3, -0.25) is 4.79 Å². The summed E-state index contributed by atoms with van der Waals surface area (Å²) in [7, 11) is 0. The molecule has 6 heteroatoms. The molecule has 3 atom stereocenters. The molecule has 2 bridgehead atoms. The molecule has 1 heterocycles. The van der Waals surface area contributed by atoms with E-state index in [1.54, 1.807) is 6.20 Å². The van der Waals surface area contributed by atoms with Gasteiger partial charge >= 0.3 is 5.91 Å². The zero-order valence-corrected chi connectivity index (χ0v) is 12.7. The van der Waals surface area contributed by atoms with E-state index in [9.17, 15) is 14.8 Å². The molecule has 6 nitrogen and oxygen atoms in total. The number of aliphatic hydroxyl groups is 1. The first-order valence-corrected chi connectivity index (χ1v) is 8.26. The highest BCUT2D eigenvalue weighted by atomic mass is 16.3. The molecule has 1 amide bonds. The second-order valence-corrected chi connectivity index (χ2v) is 7.20. The molecule has 0 radical (unpaired) electrons. The van der Waals surface area contributed by atoms with Crippen molar-refractivity contribution in [2.75, 3.05) is 5.32 Å². The van der Waals surface area contributed by atoms with Crippen molar-refractivity contribution >= 4 is 11.6 Å². The third-order valence-corrected chi connectivity index (χ3v) is 6.26. The molecule has 0 saturated heterocycles. The van der Waals surface area contributed by atoms with Crippen LogP contribution in [0.5, 0.6) is 0 Å². The SMILES string of the molecule is O=NC(=O)c1ncc(NC2=C3C(O)=C4C=C2C43)c2c1C1CCC2C1. The van der Waals surface area contributed by atoms with Gasteiger partial charge in [-0.05, 0) is 53.9 Å². The van der Waals surface area contributed by atoms with E-state index in [4.69, 9.17) is 0 Å². The first kappa shape index (κ1) is 12.6. The van der Waals surface area contributed by atoms with Gasteiger partial charge in [0, 0.05) is 22.2 Å². The minimum absolute atomic E-state index is 0.221. The molecule has 1 aromatic heterocycles. The van der Waals surface area contributed by atoms with E-state index in [-0.39, 0.29) is 5.69 Å². The smallest absolute Gasteiger partial charge is 0.335 e. The number of aromatic nitrogens is 1. The van der Waals surface area contributed by atoms with Gasteiger partial charge in [-0.1, -0.05) is 0 Å². The molecule has 5 aliphatic rings. The summed E-state index contributed by atoms with van der Waals surface area (Å²) in [4.78, 5) is 26.8. The van der Waals surface area contributed by atoms with E-state index >= 15 is 0 Å². The molecular formula is C18H13N3O3. The maximum atomic E-state index is 11.8. The topological polar surface area (TPSA) is 91.7 Å².